The van der Waals surface area contributed by atoms with Crippen LogP contribution in [0.25, 0.3) is 0 Å². The van der Waals surface area contributed by atoms with Crippen molar-refractivity contribution in [3.8, 4) is 5.75 Å². The number of benzene rings is 1. The number of nitrogens with zero attached hydrogens (tertiary/aromatic N) is 1. The van der Waals surface area contributed by atoms with Crippen molar-refractivity contribution in [2.75, 3.05) is 32.8 Å². The molecule has 2 aliphatic rings. The van der Waals surface area contributed by atoms with E-state index in [1.165, 1.54) is 6.42 Å². The zero-order valence-corrected chi connectivity index (χ0v) is 14.2. The third-order valence-corrected chi connectivity index (χ3v) is 4.92. The molecular formula is C18H25ClN2O2. The van der Waals surface area contributed by atoms with Crippen LogP contribution in [0.2, 0.25) is 0 Å². The predicted octanol–water partition coefficient (Wildman–Crippen LogP) is 2.89. The van der Waals surface area contributed by atoms with E-state index in [1.807, 2.05) is 29.2 Å². The van der Waals surface area contributed by atoms with Gasteiger partial charge in [0.05, 0.1) is 5.56 Å². The van der Waals surface area contributed by atoms with Gasteiger partial charge in [-0.05, 0) is 43.4 Å². The zero-order valence-electron chi connectivity index (χ0n) is 13.4. The Kier molecular flexibility index (Phi) is 6.08. The van der Waals surface area contributed by atoms with E-state index in [0.29, 0.717) is 23.3 Å². The summed E-state index contributed by atoms with van der Waals surface area (Å²) in [6.45, 7) is 7.98. The quantitative estimate of drug-likeness (QED) is 0.860. The molecule has 1 amide bonds. The molecule has 0 saturated carbocycles. The number of carbonyl (C=O) groups is 1. The minimum Gasteiger partial charge on any atom is -0.489 e. The maximum Gasteiger partial charge on any atom is 0.257 e. The van der Waals surface area contributed by atoms with Gasteiger partial charge in [0.2, 0.25) is 0 Å². The highest BCUT2D eigenvalue weighted by molar-refractivity contribution is 5.97. The number of amides is 1. The zero-order chi connectivity index (χ0) is 15.4. The molecule has 2 saturated heterocycles. The summed E-state index contributed by atoms with van der Waals surface area (Å²) in [4.78, 5) is 14.8. The number of piperidine rings is 1. The summed E-state index contributed by atoms with van der Waals surface area (Å²) in [7, 11) is 0. The minimum absolute atomic E-state index is 0. The largest absolute Gasteiger partial charge is 0.489 e. The first-order valence-electron chi connectivity index (χ1n) is 8.07. The number of rotatable bonds is 4. The Morgan fingerprint density at radius 3 is 2.70 bits per heavy atom. The number of likely N-dealkylation sites (tertiary alicyclic amines) is 1. The number of hydrogen-bond acceptors (Lipinski definition) is 3. The van der Waals surface area contributed by atoms with Gasteiger partial charge in [-0.3, -0.25) is 4.79 Å². The molecule has 1 N–H and O–H groups in total. The highest BCUT2D eigenvalue weighted by Crippen LogP contribution is 2.37. The number of ether oxygens (including phenoxy) is 1. The van der Waals surface area contributed by atoms with Crippen LogP contribution >= 0.6 is 12.4 Å². The lowest BCUT2D eigenvalue weighted by Gasteiger charge is -2.39. The van der Waals surface area contributed by atoms with E-state index in [0.717, 1.165) is 39.0 Å². The Morgan fingerprint density at radius 2 is 2.04 bits per heavy atom. The van der Waals surface area contributed by atoms with Gasteiger partial charge in [-0.15, -0.1) is 12.4 Å². The molecule has 126 valence electrons. The average Bonchev–Trinajstić information content (AvgIpc) is 3.01. The fourth-order valence-corrected chi connectivity index (χ4v) is 3.49. The van der Waals surface area contributed by atoms with E-state index in [4.69, 9.17) is 4.74 Å². The molecule has 2 fully saturated rings. The summed E-state index contributed by atoms with van der Waals surface area (Å²) in [5, 5.41) is 3.46. The molecule has 23 heavy (non-hydrogen) atoms. The van der Waals surface area contributed by atoms with Crippen molar-refractivity contribution in [1.29, 1.82) is 0 Å². The van der Waals surface area contributed by atoms with Crippen molar-refractivity contribution in [2.45, 2.75) is 19.3 Å². The monoisotopic (exact) mass is 336 g/mol. The lowest BCUT2D eigenvalue weighted by Crippen LogP contribution is -2.44. The summed E-state index contributed by atoms with van der Waals surface area (Å²) in [6.07, 6.45) is 5.13. The Bertz CT molecular complexity index is 546. The van der Waals surface area contributed by atoms with Crippen LogP contribution in [-0.2, 0) is 0 Å². The number of halogens is 1. The van der Waals surface area contributed by atoms with Gasteiger partial charge in [-0.1, -0.05) is 24.8 Å². The molecule has 1 aromatic rings. The summed E-state index contributed by atoms with van der Waals surface area (Å²) in [5.41, 5.74) is 1.08. The molecule has 0 aromatic heterocycles. The van der Waals surface area contributed by atoms with Crippen LogP contribution in [0.4, 0.5) is 0 Å². The van der Waals surface area contributed by atoms with Crippen molar-refractivity contribution in [1.82, 2.24) is 10.2 Å². The van der Waals surface area contributed by atoms with Gasteiger partial charge in [0.15, 0.2) is 0 Å². The van der Waals surface area contributed by atoms with Crippen LogP contribution < -0.4 is 10.1 Å². The van der Waals surface area contributed by atoms with E-state index >= 15 is 0 Å². The van der Waals surface area contributed by atoms with Crippen molar-refractivity contribution < 1.29 is 9.53 Å². The number of hydrogen-bond donors (Lipinski definition) is 1. The lowest BCUT2D eigenvalue weighted by atomic mass is 9.78. The Balaban J connectivity index is 0.00000192. The third kappa shape index (κ3) is 3.88. The van der Waals surface area contributed by atoms with E-state index in [2.05, 4.69) is 11.9 Å². The fraction of sp³-hybridized carbons (Fsp3) is 0.500. The van der Waals surface area contributed by atoms with Gasteiger partial charge in [0.1, 0.15) is 12.4 Å². The Labute approximate surface area is 144 Å². The van der Waals surface area contributed by atoms with Crippen LogP contribution in [-0.4, -0.2) is 43.6 Å². The first kappa shape index (κ1) is 17.8. The van der Waals surface area contributed by atoms with Crippen LogP contribution in [0.15, 0.2) is 36.9 Å². The number of carbonyl (C=O) groups excluding carboxylic acids is 1. The van der Waals surface area contributed by atoms with E-state index < -0.39 is 0 Å². The summed E-state index contributed by atoms with van der Waals surface area (Å²) in [6, 6.07) is 7.48. The summed E-state index contributed by atoms with van der Waals surface area (Å²) < 4.78 is 5.62. The fourth-order valence-electron chi connectivity index (χ4n) is 3.49. The molecule has 3 rings (SSSR count). The maximum absolute atomic E-state index is 12.8. The first-order chi connectivity index (χ1) is 10.7. The molecule has 2 heterocycles. The molecule has 0 radical (unpaired) electrons. The van der Waals surface area contributed by atoms with Crippen molar-refractivity contribution in [3.05, 3.63) is 42.5 Å². The predicted molar refractivity (Wildman–Crippen MR) is 94.4 cm³/mol. The lowest BCUT2D eigenvalue weighted by molar-refractivity contribution is 0.0604. The summed E-state index contributed by atoms with van der Waals surface area (Å²) >= 11 is 0. The molecule has 1 aromatic carbocycles. The van der Waals surface area contributed by atoms with E-state index in [1.54, 1.807) is 6.08 Å². The number of para-hydroxylation sites is 1. The molecule has 1 spiro atoms. The standard InChI is InChI=1S/C18H24N2O2.ClH/c1-2-13-22-16-6-4-3-5-15(16)17(21)20-11-8-18(9-12-20)7-10-19-14-18;/h2-6,19H,1,7-14H2;1H. The van der Waals surface area contributed by atoms with Crippen LogP contribution in [0.5, 0.6) is 5.75 Å². The number of nitrogens with one attached hydrogen (secondary N) is 1. The molecule has 0 aliphatic carbocycles. The van der Waals surface area contributed by atoms with E-state index in [9.17, 15) is 4.79 Å². The van der Waals surface area contributed by atoms with Gasteiger partial charge in [0, 0.05) is 19.6 Å². The molecule has 5 heteroatoms. The van der Waals surface area contributed by atoms with Crippen molar-refractivity contribution in [3.63, 3.8) is 0 Å². The second-order valence-electron chi connectivity index (χ2n) is 6.31. The van der Waals surface area contributed by atoms with E-state index in [-0.39, 0.29) is 18.3 Å². The minimum atomic E-state index is 0. The second-order valence-corrected chi connectivity index (χ2v) is 6.31. The van der Waals surface area contributed by atoms with Crippen LogP contribution in [0, 0.1) is 5.41 Å². The molecule has 0 atom stereocenters. The topological polar surface area (TPSA) is 41.6 Å². The molecular weight excluding hydrogens is 312 g/mol. The Hall–Kier alpha value is -1.52. The smallest absolute Gasteiger partial charge is 0.257 e. The third-order valence-electron chi connectivity index (χ3n) is 4.92. The van der Waals surface area contributed by atoms with Gasteiger partial charge >= 0.3 is 0 Å². The van der Waals surface area contributed by atoms with Crippen molar-refractivity contribution in [2.24, 2.45) is 5.41 Å². The van der Waals surface area contributed by atoms with Crippen LogP contribution in [0.1, 0.15) is 29.6 Å². The normalized spacial score (nSPS) is 19.2. The highest BCUT2D eigenvalue weighted by Gasteiger charge is 2.38. The highest BCUT2D eigenvalue weighted by atomic mass is 35.5. The van der Waals surface area contributed by atoms with Gasteiger partial charge in [-0.25, -0.2) is 0 Å². The SMILES string of the molecule is C=CCOc1ccccc1C(=O)N1CCC2(CCNC2)CC1.Cl. The van der Waals surface area contributed by atoms with Crippen LogP contribution in [0.3, 0.4) is 0 Å². The van der Waals surface area contributed by atoms with Gasteiger partial charge in [-0.2, -0.15) is 0 Å². The van der Waals surface area contributed by atoms with Gasteiger partial charge < -0.3 is 15.0 Å². The van der Waals surface area contributed by atoms with Gasteiger partial charge in [0.25, 0.3) is 5.91 Å². The summed E-state index contributed by atoms with van der Waals surface area (Å²) in [5.74, 6) is 0.732. The Morgan fingerprint density at radius 1 is 1.30 bits per heavy atom. The second kappa shape index (κ2) is 7.84. The molecule has 0 bridgehead atoms. The molecule has 0 unspecified atom stereocenters. The molecule has 2 aliphatic heterocycles. The average molecular weight is 337 g/mol. The van der Waals surface area contributed by atoms with Crippen molar-refractivity contribution >= 4 is 18.3 Å². The maximum atomic E-state index is 12.8. The first-order valence-corrected chi connectivity index (χ1v) is 8.07. The molecule has 4 nitrogen and oxygen atoms in total.